The van der Waals surface area contributed by atoms with Crippen molar-refractivity contribution in [2.75, 3.05) is 43.9 Å². The summed E-state index contributed by atoms with van der Waals surface area (Å²) in [5.41, 5.74) is 2.35. The zero-order chi connectivity index (χ0) is 19.6. The smallest absolute Gasteiger partial charge is 0.355 e. The van der Waals surface area contributed by atoms with Crippen molar-refractivity contribution in [2.24, 2.45) is 0 Å². The third-order valence-electron chi connectivity index (χ3n) is 4.62. The van der Waals surface area contributed by atoms with Crippen LogP contribution in [0, 0.1) is 6.92 Å². The second-order valence-electron chi connectivity index (χ2n) is 6.36. The minimum Gasteiger partial charge on any atom is -0.466 e. The lowest BCUT2D eigenvalue weighted by molar-refractivity contribution is -0.140. The molecule has 0 aromatic heterocycles. The fraction of sp³-hybridized carbons (Fsp3) is 0.421. The first-order chi connectivity index (χ1) is 13.0. The molecule has 0 saturated carbocycles. The lowest BCUT2D eigenvalue weighted by atomic mass is 10.1. The van der Waals surface area contributed by atoms with Gasteiger partial charge >= 0.3 is 11.9 Å². The number of esters is 2. The van der Waals surface area contributed by atoms with Gasteiger partial charge < -0.3 is 24.0 Å². The number of methoxy groups -OCH3 is 2. The first-order valence-electron chi connectivity index (χ1n) is 8.64. The third-order valence-corrected chi connectivity index (χ3v) is 4.62. The van der Waals surface area contributed by atoms with E-state index in [9.17, 15) is 14.4 Å². The van der Waals surface area contributed by atoms with Crippen LogP contribution in [-0.2, 0) is 28.6 Å². The van der Waals surface area contributed by atoms with Crippen LogP contribution in [-0.4, -0.2) is 51.9 Å². The van der Waals surface area contributed by atoms with E-state index in [0.717, 1.165) is 12.0 Å². The molecule has 1 fully saturated rings. The van der Waals surface area contributed by atoms with Crippen molar-refractivity contribution in [3.8, 4) is 0 Å². The number of hydrogen-bond donors (Lipinski definition) is 0. The van der Waals surface area contributed by atoms with Gasteiger partial charge in [0.25, 0.3) is 0 Å². The van der Waals surface area contributed by atoms with Gasteiger partial charge in [0.15, 0.2) is 0 Å². The average molecular weight is 374 g/mol. The third kappa shape index (κ3) is 3.52. The van der Waals surface area contributed by atoms with Crippen LogP contribution >= 0.6 is 0 Å². The number of aryl methyl sites for hydroxylation is 1. The number of amides is 1. The van der Waals surface area contributed by atoms with E-state index >= 15 is 0 Å². The van der Waals surface area contributed by atoms with E-state index in [1.807, 2.05) is 25.1 Å². The maximum Gasteiger partial charge on any atom is 0.355 e. The van der Waals surface area contributed by atoms with Gasteiger partial charge in [0.1, 0.15) is 12.4 Å². The molecule has 2 aliphatic heterocycles. The minimum absolute atomic E-state index is 0.0230. The highest BCUT2D eigenvalue weighted by Crippen LogP contribution is 2.37. The van der Waals surface area contributed by atoms with E-state index in [0.29, 0.717) is 24.3 Å². The van der Waals surface area contributed by atoms with Crippen molar-refractivity contribution in [3.63, 3.8) is 0 Å². The lowest BCUT2D eigenvalue weighted by Gasteiger charge is -2.34. The fourth-order valence-electron chi connectivity index (χ4n) is 3.31. The molecule has 1 amide bonds. The highest BCUT2D eigenvalue weighted by atomic mass is 16.5. The van der Waals surface area contributed by atoms with Crippen LogP contribution in [0.2, 0.25) is 0 Å². The van der Waals surface area contributed by atoms with Gasteiger partial charge in [0, 0.05) is 13.0 Å². The molecule has 2 aliphatic rings. The Morgan fingerprint density at radius 3 is 2.44 bits per heavy atom. The zero-order valence-electron chi connectivity index (χ0n) is 15.6. The molecule has 0 radical (unpaired) electrons. The van der Waals surface area contributed by atoms with Crippen molar-refractivity contribution >= 4 is 29.2 Å². The fourth-order valence-corrected chi connectivity index (χ4v) is 3.31. The minimum atomic E-state index is -0.668. The number of carbonyl (C=O) groups is 3. The van der Waals surface area contributed by atoms with E-state index in [1.165, 1.54) is 14.2 Å². The van der Waals surface area contributed by atoms with E-state index in [1.54, 1.807) is 9.80 Å². The Bertz CT molecular complexity index is 816. The molecule has 1 saturated heterocycles. The summed E-state index contributed by atoms with van der Waals surface area (Å²) in [4.78, 5) is 40.2. The monoisotopic (exact) mass is 374 g/mol. The molecule has 2 heterocycles. The number of benzene rings is 1. The van der Waals surface area contributed by atoms with E-state index in [-0.39, 0.29) is 30.5 Å². The van der Waals surface area contributed by atoms with E-state index < -0.39 is 11.9 Å². The topological polar surface area (TPSA) is 85.4 Å². The Balaban J connectivity index is 2.16. The molecular weight excluding hydrogens is 352 g/mol. The average Bonchev–Trinajstić information content (AvgIpc) is 3.11. The molecule has 3 rings (SSSR count). The number of ether oxygens (including phenoxy) is 3. The van der Waals surface area contributed by atoms with Crippen molar-refractivity contribution in [2.45, 2.75) is 19.8 Å². The van der Waals surface area contributed by atoms with Crippen molar-refractivity contribution < 1.29 is 28.6 Å². The van der Waals surface area contributed by atoms with E-state index in [4.69, 9.17) is 14.2 Å². The number of rotatable bonds is 4. The Morgan fingerprint density at radius 1 is 1.07 bits per heavy atom. The van der Waals surface area contributed by atoms with Gasteiger partial charge in [0.05, 0.1) is 37.8 Å². The number of anilines is 2. The molecule has 0 bridgehead atoms. The van der Waals surface area contributed by atoms with Gasteiger partial charge in [-0.15, -0.1) is 0 Å². The zero-order valence-corrected chi connectivity index (χ0v) is 15.6. The summed E-state index contributed by atoms with van der Waals surface area (Å²) in [6.07, 6.45) is 1.26. The molecule has 27 heavy (non-hydrogen) atoms. The Labute approximate surface area is 157 Å². The largest absolute Gasteiger partial charge is 0.466 e. The predicted octanol–water partition coefficient (Wildman–Crippen LogP) is 1.52. The summed E-state index contributed by atoms with van der Waals surface area (Å²) in [5.74, 6) is -1.31. The lowest BCUT2D eigenvalue weighted by Crippen LogP contribution is -2.40. The highest BCUT2D eigenvalue weighted by molar-refractivity contribution is 6.05. The van der Waals surface area contributed by atoms with Crippen LogP contribution in [0.4, 0.5) is 11.4 Å². The Morgan fingerprint density at radius 2 is 1.81 bits per heavy atom. The molecule has 0 N–H and O–H groups in total. The molecule has 1 aromatic rings. The second-order valence-corrected chi connectivity index (χ2v) is 6.36. The normalized spacial score (nSPS) is 17.4. The van der Waals surface area contributed by atoms with Gasteiger partial charge in [-0.2, -0.15) is 0 Å². The molecule has 8 nitrogen and oxygen atoms in total. The summed E-state index contributed by atoms with van der Waals surface area (Å²) in [7, 11) is 2.49. The summed E-state index contributed by atoms with van der Waals surface area (Å²) in [5, 5.41) is 0. The summed E-state index contributed by atoms with van der Waals surface area (Å²) in [6, 6.07) is 5.60. The SMILES string of the molecule is COC(=O)C1=C(C(=O)OC)N(c2cc(C)ccc2N2CCCC2=O)COC1. The van der Waals surface area contributed by atoms with Crippen LogP contribution in [0.3, 0.4) is 0 Å². The maximum absolute atomic E-state index is 12.5. The van der Waals surface area contributed by atoms with Crippen molar-refractivity contribution in [3.05, 3.63) is 35.0 Å². The number of hydrogen-bond acceptors (Lipinski definition) is 7. The Kier molecular flexibility index (Phi) is 5.46. The van der Waals surface area contributed by atoms with Crippen molar-refractivity contribution in [1.29, 1.82) is 0 Å². The van der Waals surface area contributed by atoms with Gasteiger partial charge in [-0.1, -0.05) is 6.07 Å². The van der Waals surface area contributed by atoms with Crippen LogP contribution < -0.4 is 9.80 Å². The summed E-state index contributed by atoms with van der Waals surface area (Å²) < 4.78 is 15.2. The van der Waals surface area contributed by atoms with Crippen LogP contribution in [0.5, 0.6) is 0 Å². The quantitative estimate of drug-likeness (QED) is 0.739. The van der Waals surface area contributed by atoms with Crippen LogP contribution in [0.15, 0.2) is 29.5 Å². The van der Waals surface area contributed by atoms with E-state index in [2.05, 4.69) is 0 Å². The molecular formula is C19H22N2O6. The second kappa shape index (κ2) is 7.79. The van der Waals surface area contributed by atoms with Gasteiger partial charge in [-0.3, -0.25) is 4.79 Å². The van der Waals surface area contributed by atoms with Gasteiger partial charge in [0.2, 0.25) is 5.91 Å². The first-order valence-corrected chi connectivity index (χ1v) is 8.64. The van der Waals surface area contributed by atoms with Crippen molar-refractivity contribution in [1.82, 2.24) is 0 Å². The number of carbonyl (C=O) groups excluding carboxylic acids is 3. The van der Waals surface area contributed by atoms with Crippen LogP contribution in [0.25, 0.3) is 0 Å². The first kappa shape index (κ1) is 18.9. The molecule has 8 heteroatoms. The summed E-state index contributed by atoms with van der Waals surface area (Å²) in [6.45, 7) is 2.50. The standard InChI is InChI=1S/C19H22N2O6/c1-12-6-7-14(20-8-4-5-16(20)22)15(9-12)21-11-27-10-13(18(23)25-2)17(21)19(24)26-3/h6-7,9H,4-5,8,10-11H2,1-3H3. The molecule has 1 aromatic carbocycles. The molecule has 0 atom stereocenters. The molecule has 144 valence electrons. The predicted molar refractivity (Wildman–Crippen MR) is 97.1 cm³/mol. The molecule has 0 spiro atoms. The molecule has 0 unspecified atom stereocenters. The molecule has 0 aliphatic carbocycles. The highest BCUT2D eigenvalue weighted by Gasteiger charge is 2.35. The Hall–Kier alpha value is -2.87. The number of nitrogens with zero attached hydrogens (tertiary/aromatic N) is 2. The summed E-state index contributed by atoms with van der Waals surface area (Å²) >= 11 is 0. The van der Waals surface area contributed by atoms with Gasteiger partial charge in [-0.05, 0) is 31.0 Å². The van der Waals surface area contributed by atoms with Crippen LogP contribution in [0.1, 0.15) is 18.4 Å². The van der Waals surface area contributed by atoms with Gasteiger partial charge in [-0.25, -0.2) is 9.59 Å². The maximum atomic E-state index is 12.5.